The Morgan fingerprint density at radius 1 is 1.13 bits per heavy atom. The molecule has 2 heterocycles. The predicted molar refractivity (Wildman–Crippen MR) is 120 cm³/mol. The second kappa shape index (κ2) is 14.0. The average molecular weight is 591 g/mol. The van der Waals surface area contributed by atoms with E-state index in [1.165, 1.54) is 33.9 Å². The van der Waals surface area contributed by atoms with Crippen LogP contribution >= 0.6 is 44.3 Å². The SMILES string of the molecule is CCOC(=N)C(O)c1occc1Br.CO[Si](OC)(OC)C(C#N)c1occc1Br.Cl. The van der Waals surface area contributed by atoms with Gasteiger partial charge in [-0.25, -0.2) is 0 Å². The second-order valence-electron chi connectivity index (χ2n) is 5.24. The number of nitrogens with one attached hydrogen (secondary N) is 1. The molecule has 0 aliphatic heterocycles. The predicted octanol–water partition coefficient (Wildman–Crippen LogP) is 4.58. The van der Waals surface area contributed by atoms with Crippen LogP contribution < -0.4 is 0 Å². The van der Waals surface area contributed by atoms with Crippen molar-refractivity contribution in [1.29, 1.82) is 10.7 Å². The normalized spacial score (nSPS) is 12.6. The summed E-state index contributed by atoms with van der Waals surface area (Å²) in [6, 6.07) is 5.46. The standard InChI is InChI=1S/C9H12BrNO4Si.C8H10BrNO3.ClH/c1-12-16(13-2,14-3)8(6-11)9-7(10)4-5-15-9;1-2-12-8(10)6(11)7-5(9)3-4-13-7;/h4-5,8H,1-3H3;3-4,6,10-11H,2H2,1H3;1H. The van der Waals surface area contributed by atoms with E-state index in [4.69, 9.17) is 32.3 Å². The first-order chi connectivity index (χ1) is 13.8. The summed E-state index contributed by atoms with van der Waals surface area (Å²) in [6.07, 6.45) is 1.79. The zero-order valence-corrected chi connectivity index (χ0v) is 21.7. The Morgan fingerprint density at radius 2 is 1.60 bits per heavy atom. The van der Waals surface area contributed by atoms with Crippen molar-refractivity contribution in [1.82, 2.24) is 0 Å². The van der Waals surface area contributed by atoms with Crippen molar-refractivity contribution in [3.63, 3.8) is 0 Å². The Hall–Kier alpha value is -1.17. The van der Waals surface area contributed by atoms with Crippen molar-refractivity contribution >= 4 is 59.0 Å². The van der Waals surface area contributed by atoms with Crippen LogP contribution in [-0.2, 0) is 18.0 Å². The number of nitriles is 1. The molecule has 2 N–H and O–H groups in total. The van der Waals surface area contributed by atoms with Crippen LogP contribution in [-0.4, -0.2) is 47.7 Å². The fourth-order valence-corrected chi connectivity index (χ4v) is 5.24. The molecule has 2 atom stereocenters. The van der Waals surface area contributed by atoms with Crippen LogP contribution in [0.1, 0.15) is 30.1 Å². The topological polar surface area (TPSA) is 131 Å². The molecule has 0 radical (unpaired) electrons. The van der Waals surface area contributed by atoms with E-state index < -0.39 is 20.4 Å². The van der Waals surface area contributed by atoms with Crippen molar-refractivity contribution < 1.29 is 32.0 Å². The highest BCUT2D eigenvalue weighted by molar-refractivity contribution is 9.10. The van der Waals surface area contributed by atoms with Crippen molar-refractivity contribution in [2.75, 3.05) is 27.9 Å². The molecule has 0 aliphatic rings. The second-order valence-corrected chi connectivity index (χ2v) is 9.96. The quantitative estimate of drug-likeness (QED) is 0.260. The summed E-state index contributed by atoms with van der Waals surface area (Å²) < 4.78 is 32.2. The fourth-order valence-electron chi connectivity index (χ4n) is 2.27. The number of aliphatic hydroxyl groups is 1. The third-order valence-corrected chi connectivity index (χ3v) is 7.80. The Labute approximate surface area is 198 Å². The molecule has 2 unspecified atom stereocenters. The molecule has 9 nitrogen and oxygen atoms in total. The molecule has 168 valence electrons. The molecular weight excluding hydrogens is 568 g/mol. The largest absolute Gasteiger partial charge is 0.526 e. The summed E-state index contributed by atoms with van der Waals surface area (Å²) in [6.45, 7) is 2.10. The molecule has 0 amide bonds. The van der Waals surface area contributed by atoms with E-state index >= 15 is 0 Å². The highest BCUT2D eigenvalue weighted by atomic mass is 79.9. The maximum absolute atomic E-state index is 9.52. The van der Waals surface area contributed by atoms with E-state index in [9.17, 15) is 10.4 Å². The van der Waals surface area contributed by atoms with E-state index in [-0.39, 0.29) is 18.3 Å². The van der Waals surface area contributed by atoms with E-state index in [2.05, 4.69) is 37.9 Å². The first-order valence-electron chi connectivity index (χ1n) is 8.21. The maximum atomic E-state index is 9.52. The molecule has 13 heteroatoms. The van der Waals surface area contributed by atoms with Gasteiger partial charge in [0.15, 0.2) is 17.4 Å². The third kappa shape index (κ3) is 6.93. The molecular formula is C17H23Br2ClN2O7Si. The van der Waals surface area contributed by atoms with Gasteiger partial charge >= 0.3 is 8.80 Å². The van der Waals surface area contributed by atoms with Gasteiger partial charge in [0.05, 0.1) is 34.1 Å². The van der Waals surface area contributed by atoms with Gasteiger partial charge in [-0.3, -0.25) is 5.41 Å². The van der Waals surface area contributed by atoms with Gasteiger partial charge in [-0.1, -0.05) is 0 Å². The van der Waals surface area contributed by atoms with Crippen molar-refractivity contribution in [3.8, 4) is 6.07 Å². The lowest BCUT2D eigenvalue weighted by Gasteiger charge is -2.27. The van der Waals surface area contributed by atoms with Crippen LogP contribution in [0.15, 0.2) is 42.4 Å². The number of hydrogen-bond donors (Lipinski definition) is 2. The Bertz CT molecular complexity index is 815. The van der Waals surface area contributed by atoms with Gasteiger partial charge in [0.1, 0.15) is 5.76 Å². The number of furan rings is 2. The number of aliphatic hydroxyl groups excluding tert-OH is 1. The molecule has 0 spiro atoms. The van der Waals surface area contributed by atoms with Gasteiger partial charge in [0.25, 0.3) is 0 Å². The summed E-state index contributed by atoms with van der Waals surface area (Å²) in [7, 11) is 1.31. The Morgan fingerprint density at radius 3 is 1.93 bits per heavy atom. The molecule has 0 aliphatic carbocycles. The maximum Gasteiger partial charge on any atom is 0.526 e. The minimum atomic E-state index is -3.07. The lowest BCUT2D eigenvalue weighted by molar-refractivity contribution is 0.115. The lowest BCUT2D eigenvalue weighted by atomic mass is 10.3. The molecule has 0 saturated carbocycles. The Kier molecular flexibility index (Phi) is 13.4. The summed E-state index contributed by atoms with van der Waals surface area (Å²) in [5.41, 5.74) is -0.697. The highest BCUT2D eigenvalue weighted by Gasteiger charge is 2.51. The highest BCUT2D eigenvalue weighted by Crippen LogP contribution is 2.33. The Balaban J connectivity index is 0.000000553. The number of ether oxygens (including phenoxy) is 1. The van der Waals surface area contributed by atoms with Crippen molar-refractivity contribution in [2.45, 2.75) is 18.6 Å². The van der Waals surface area contributed by atoms with Crippen LogP contribution in [0.4, 0.5) is 0 Å². The fraction of sp³-hybridized carbons (Fsp3) is 0.412. The van der Waals surface area contributed by atoms with Gasteiger partial charge in [0.2, 0.25) is 5.90 Å². The van der Waals surface area contributed by atoms with Gasteiger partial charge < -0.3 is 32.0 Å². The van der Waals surface area contributed by atoms with E-state index in [0.717, 1.165) is 0 Å². The van der Waals surface area contributed by atoms with Crippen LogP contribution in [0.3, 0.4) is 0 Å². The van der Waals surface area contributed by atoms with Gasteiger partial charge in [-0.2, -0.15) is 5.26 Å². The number of halogens is 3. The van der Waals surface area contributed by atoms with E-state index in [1.54, 1.807) is 19.1 Å². The third-order valence-electron chi connectivity index (χ3n) is 3.68. The van der Waals surface area contributed by atoms with Crippen molar-refractivity contribution in [2.24, 2.45) is 0 Å². The van der Waals surface area contributed by atoms with Gasteiger partial charge in [-0.15, -0.1) is 12.4 Å². The molecule has 0 saturated heterocycles. The summed E-state index contributed by atoms with van der Waals surface area (Å²) >= 11 is 6.48. The molecule has 0 fully saturated rings. The lowest BCUT2D eigenvalue weighted by Crippen LogP contribution is -2.49. The van der Waals surface area contributed by atoms with Crippen molar-refractivity contribution in [3.05, 3.63) is 45.1 Å². The smallest absolute Gasteiger partial charge is 0.479 e. The minimum absolute atomic E-state index is 0. The molecule has 2 aromatic rings. The molecule has 2 aromatic heterocycles. The summed E-state index contributed by atoms with van der Waals surface area (Å²) in [5, 5.41) is 26.0. The monoisotopic (exact) mass is 588 g/mol. The minimum Gasteiger partial charge on any atom is -0.479 e. The summed E-state index contributed by atoms with van der Waals surface area (Å²) in [5.74, 6) is 0.538. The van der Waals surface area contributed by atoms with Crippen LogP contribution in [0.25, 0.3) is 0 Å². The molecule has 30 heavy (non-hydrogen) atoms. The van der Waals surface area contributed by atoms with Gasteiger partial charge in [0, 0.05) is 21.3 Å². The molecule has 0 bridgehead atoms. The first-order valence-corrected chi connectivity index (χ1v) is 11.6. The van der Waals surface area contributed by atoms with Crippen LogP contribution in [0, 0.1) is 16.7 Å². The zero-order valence-electron chi connectivity index (χ0n) is 16.7. The average Bonchev–Trinajstić information content (AvgIpc) is 3.34. The van der Waals surface area contributed by atoms with E-state index in [1.807, 2.05) is 0 Å². The first kappa shape index (κ1) is 28.8. The van der Waals surface area contributed by atoms with Crippen LogP contribution in [0.2, 0.25) is 0 Å². The summed E-state index contributed by atoms with van der Waals surface area (Å²) in [4.78, 5) is 0. The number of hydrogen-bond acceptors (Lipinski definition) is 9. The van der Waals surface area contributed by atoms with Gasteiger partial charge in [-0.05, 0) is 50.9 Å². The number of nitrogens with zero attached hydrogens (tertiary/aromatic N) is 1. The number of rotatable bonds is 8. The zero-order chi connectivity index (χ0) is 22.0. The molecule has 2 rings (SSSR count). The van der Waals surface area contributed by atoms with Crippen LogP contribution in [0.5, 0.6) is 0 Å². The molecule has 0 aromatic carbocycles. The van der Waals surface area contributed by atoms with E-state index in [0.29, 0.717) is 27.1 Å².